The van der Waals surface area contributed by atoms with Crippen molar-refractivity contribution in [1.29, 1.82) is 0 Å². The fourth-order valence-electron chi connectivity index (χ4n) is 2.68. The molecule has 144 valence electrons. The van der Waals surface area contributed by atoms with Crippen LogP contribution in [0.4, 0.5) is 5.69 Å². The standard InChI is InChI=1S/C23H23NO2S2/c1-2-28(26)22-14-10-18(11-15-22)16-23(25)24-20-12-8-19(9-13-20)17-27-21-6-4-3-5-7-21/h3-15H,2,16-17H2,1H3,(H,24,25). The molecule has 1 unspecified atom stereocenters. The van der Waals surface area contributed by atoms with Gasteiger partial charge in [0, 0.05) is 27.0 Å². The zero-order valence-corrected chi connectivity index (χ0v) is 17.4. The Morgan fingerprint density at radius 3 is 2.18 bits per heavy atom. The summed E-state index contributed by atoms with van der Waals surface area (Å²) in [6, 6.07) is 25.7. The molecule has 0 aliphatic heterocycles. The first-order chi connectivity index (χ1) is 13.6. The number of nitrogens with one attached hydrogen (secondary N) is 1. The molecule has 3 rings (SSSR count). The predicted octanol–water partition coefficient (Wildman–Crippen LogP) is 5.29. The van der Waals surface area contributed by atoms with Gasteiger partial charge in [0.2, 0.25) is 5.91 Å². The fourth-order valence-corrected chi connectivity index (χ4v) is 4.33. The Morgan fingerprint density at radius 2 is 1.54 bits per heavy atom. The highest BCUT2D eigenvalue weighted by atomic mass is 32.2. The monoisotopic (exact) mass is 409 g/mol. The molecule has 5 heteroatoms. The van der Waals surface area contributed by atoms with E-state index in [1.165, 1.54) is 10.5 Å². The Kier molecular flexibility index (Phi) is 7.46. The molecule has 0 saturated carbocycles. The van der Waals surface area contributed by atoms with Crippen molar-refractivity contribution in [3.05, 3.63) is 90.0 Å². The molecule has 1 N–H and O–H groups in total. The number of rotatable bonds is 8. The second-order valence-corrected chi connectivity index (χ2v) is 9.09. The molecule has 1 atom stereocenters. The van der Waals surface area contributed by atoms with Gasteiger partial charge in [-0.15, -0.1) is 11.8 Å². The quantitative estimate of drug-likeness (QED) is 0.514. The summed E-state index contributed by atoms with van der Waals surface area (Å²) < 4.78 is 11.8. The lowest BCUT2D eigenvalue weighted by Gasteiger charge is -2.08. The van der Waals surface area contributed by atoms with E-state index < -0.39 is 10.8 Å². The van der Waals surface area contributed by atoms with Gasteiger partial charge in [-0.05, 0) is 47.5 Å². The number of anilines is 1. The van der Waals surface area contributed by atoms with Crippen LogP contribution in [-0.2, 0) is 27.8 Å². The van der Waals surface area contributed by atoms with Crippen LogP contribution >= 0.6 is 11.8 Å². The van der Waals surface area contributed by atoms with E-state index in [2.05, 4.69) is 17.4 Å². The topological polar surface area (TPSA) is 46.2 Å². The summed E-state index contributed by atoms with van der Waals surface area (Å²) in [4.78, 5) is 14.3. The van der Waals surface area contributed by atoms with Crippen LogP contribution in [0.5, 0.6) is 0 Å². The third-order valence-electron chi connectivity index (χ3n) is 4.20. The summed E-state index contributed by atoms with van der Waals surface area (Å²) in [5.41, 5.74) is 2.92. The third kappa shape index (κ3) is 6.08. The highest BCUT2D eigenvalue weighted by molar-refractivity contribution is 7.98. The summed E-state index contributed by atoms with van der Waals surface area (Å²) >= 11 is 1.79. The van der Waals surface area contributed by atoms with E-state index >= 15 is 0 Å². The van der Waals surface area contributed by atoms with Gasteiger partial charge in [-0.2, -0.15) is 0 Å². The summed E-state index contributed by atoms with van der Waals surface area (Å²) in [5.74, 6) is 1.43. The Balaban J connectivity index is 1.50. The first kappa shape index (κ1) is 20.4. The number of thioether (sulfide) groups is 1. The van der Waals surface area contributed by atoms with Gasteiger partial charge in [-0.1, -0.05) is 49.4 Å². The highest BCUT2D eigenvalue weighted by Crippen LogP contribution is 2.23. The van der Waals surface area contributed by atoms with Crippen LogP contribution in [0.1, 0.15) is 18.1 Å². The summed E-state index contributed by atoms with van der Waals surface area (Å²) in [7, 11) is -0.962. The molecule has 0 bridgehead atoms. The first-order valence-electron chi connectivity index (χ1n) is 9.18. The minimum Gasteiger partial charge on any atom is -0.326 e. The SMILES string of the molecule is CCS(=O)c1ccc(CC(=O)Nc2ccc(CSc3ccccc3)cc2)cc1. The Labute approximate surface area is 173 Å². The molecule has 0 radical (unpaired) electrons. The van der Waals surface area contributed by atoms with E-state index in [1.54, 1.807) is 11.8 Å². The van der Waals surface area contributed by atoms with E-state index in [4.69, 9.17) is 0 Å². The average Bonchev–Trinajstić information content (AvgIpc) is 2.74. The summed E-state index contributed by atoms with van der Waals surface area (Å²) in [6.07, 6.45) is 0.296. The van der Waals surface area contributed by atoms with Crippen LogP contribution in [0.25, 0.3) is 0 Å². The molecule has 3 aromatic carbocycles. The smallest absolute Gasteiger partial charge is 0.228 e. The molecule has 0 aliphatic carbocycles. The van der Waals surface area contributed by atoms with E-state index in [0.29, 0.717) is 12.2 Å². The second kappa shape index (κ2) is 10.2. The van der Waals surface area contributed by atoms with Gasteiger partial charge in [0.25, 0.3) is 0 Å². The lowest BCUT2D eigenvalue weighted by Crippen LogP contribution is -2.14. The third-order valence-corrected chi connectivity index (χ3v) is 6.61. The molecule has 0 aromatic heterocycles. The zero-order chi connectivity index (χ0) is 19.8. The summed E-state index contributed by atoms with van der Waals surface area (Å²) in [6.45, 7) is 1.89. The predicted molar refractivity (Wildman–Crippen MR) is 118 cm³/mol. The van der Waals surface area contributed by atoms with Gasteiger partial charge < -0.3 is 5.32 Å². The van der Waals surface area contributed by atoms with Crippen LogP contribution < -0.4 is 5.32 Å². The Bertz CT molecular complexity index is 923. The first-order valence-corrected chi connectivity index (χ1v) is 11.5. The van der Waals surface area contributed by atoms with Crippen molar-refractivity contribution in [2.24, 2.45) is 0 Å². The van der Waals surface area contributed by atoms with Crippen molar-refractivity contribution in [3.8, 4) is 0 Å². The van der Waals surface area contributed by atoms with Crippen molar-refractivity contribution in [1.82, 2.24) is 0 Å². The summed E-state index contributed by atoms with van der Waals surface area (Å²) in [5, 5.41) is 2.93. The molecule has 0 fully saturated rings. The van der Waals surface area contributed by atoms with E-state index in [0.717, 1.165) is 21.9 Å². The second-order valence-electron chi connectivity index (χ2n) is 6.30. The van der Waals surface area contributed by atoms with Gasteiger partial charge in [0.15, 0.2) is 0 Å². The average molecular weight is 410 g/mol. The fraction of sp³-hybridized carbons (Fsp3) is 0.174. The molecule has 0 aliphatic rings. The van der Waals surface area contributed by atoms with E-state index in [1.807, 2.05) is 73.7 Å². The number of hydrogen-bond acceptors (Lipinski definition) is 3. The van der Waals surface area contributed by atoms with Crippen LogP contribution in [0.2, 0.25) is 0 Å². The maximum Gasteiger partial charge on any atom is 0.228 e. The number of benzene rings is 3. The molecular formula is C23H23NO2S2. The highest BCUT2D eigenvalue weighted by Gasteiger charge is 2.06. The molecule has 0 saturated heterocycles. The lowest BCUT2D eigenvalue weighted by atomic mass is 10.1. The molecule has 0 heterocycles. The van der Waals surface area contributed by atoms with Crippen molar-refractivity contribution in [3.63, 3.8) is 0 Å². The molecule has 0 spiro atoms. The number of carbonyl (C=O) groups excluding carboxylic acids is 1. The minimum absolute atomic E-state index is 0.0595. The molecular weight excluding hydrogens is 386 g/mol. The van der Waals surface area contributed by atoms with E-state index in [-0.39, 0.29) is 5.91 Å². The van der Waals surface area contributed by atoms with Crippen molar-refractivity contribution in [2.45, 2.75) is 28.9 Å². The number of amides is 1. The van der Waals surface area contributed by atoms with Crippen LogP contribution in [0.3, 0.4) is 0 Å². The normalized spacial score (nSPS) is 11.8. The maximum atomic E-state index is 12.3. The number of hydrogen-bond donors (Lipinski definition) is 1. The number of carbonyl (C=O) groups is 1. The van der Waals surface area contributed by atoms with Crippen molar-refractivity contribution >= 4 is 34.2 Å². The van der Waals surface area contributed by atoms with Gasteiger partial charge in [0.1, 0.15) is 0 Å². The largest absolute Gasteiger partial charge is 0.326 e. The van der Waals surface area contributed by atoms with Gasteiger partial charge >= 0.3 is 0 Å². The van der Waals surface area contributed by atoms with Crippen LogP contribution in [0.15, 0.2) is 88.7 Å². The minimum atomic E-state index is -0.962. The van der Waals surface area contributed by atoms with E-state index in [9.17, 15) is 9.00 Å². The maximum absolute atomic E-state index is 12.3. The van der Waals surface area contributed by atoms with Crippen molar-refractivity contribution in [2.75, 3.05) is 11.1 Å². The van der Waals surface area contributed by atoms with Crippen molar-refractivity contribution < 1.29 is 9.00 Å². The Morgan fingerprint density at radius 1 is 0.893 bits per heavy atom. The molecule has 1 amide bonds. The van der Waals surface area contributed by atoms with Crippen LogP contribution in [0, 0.1) is 0 Å². The zero-order valence-electron chi connectivity index (χ0n) is 15.8. The molecule has 3 nitrogen and oxygen atoms in total. The Hall–Kier alpha value is -2.37. The van der Waals surface area contributed by atoms with Crippen LogP contribution in [-0.4, -0.2) is 15.9 Å². The van der Waals surface area contributed by atoms with Gasteiger partial charge in [-0.25, -0.2) is 0 Å². The molecule has 3 aromatic rings. The lowest BCUT2D eigenvalue weighted by molar-refractivity contribution is -0.115. The molecule has 28 heavy (non-hydrogen) atoms. The van der Waals surface area contributed by atoms with Gasteiger partial charge in [0.05, 0.1) is 17.2 Å². The van der Waals surface area contributed by atoms with Gasteiger partial charge in [-0.3, -0.25) is 9.00 Å².